The number of aliphatic hydroxyl groups is 1. The van der Waals surface area contributed by atoms with E-state index in [-0.39, 0.29) is 32.4 Å². The van der Waals surface area contributed by atoms with Gasteiger partial charge in [-0.1, -0.05) is 41.4 Å². The fraction of sp³-hybridized carbons (Fsp3) is 0.120. The molecule has 1 aliphatic rings. The lowest BCUT2D eigenvalue weighted by molar-refractivity contribution is -0.132. The molecule has 1 aliphatic heterocycles. The molecule has 0 aromatic heterocycles. The zero-order valence-corrected chi connectivity index (χ0v) is 19.1. The van der Waals surface area contributed by atoms with E-state index in [4.69, 9.17) is 27.9 Å². The average molecular weight is 486 g/mol. The molecule has 0 spiro atoms. The van der Waals surface area contributed by atoms with Crippen LogP contribution in [0, 0.1) is 12.7 Å². The van der Waals surface area contributed by atoms with Crippen molar-refractivity contribution in [2.45, 2.75) is 13.0 Å². The van der Waals surface area contributed by atoms with E-state index in [2.05, 4.69) is 0 Å². The number of aliphatic hydroxyl groups excluding tert-OH is 1. The molecule has 0 radical (unpaired) electrons. The predicted octanol–water partition coefficient (Wildman–Crippen LogP) is 6.08. The van der Waals surface area contributed by atoms with Gasteiger partial charge in [0.05, 0.1) is 18.7 Å². The van der Waals surface area contributed by atoms with Crippen LogP contribution in [0.1, 0.15) is 22.7 Å². The van der Waals surface area contributed by atoms with E-state index in [0.717, 1.165) is 4.90 Å². The second-order valence-electron chi connectivity index (χ2n) is 7.50. The lowest BCUT2D eigenvalue weighted by Crippen LogP contribution is -2.29. The van der Waals surface area contributed by atoms with Crippen LogP contribution >= 0.6 is 23.2 Å². The van der Waals surface area contributed by atoms with Gasteiger partial charge < -0.3 is 9.84 Å². The number of ketones is 1. The Morgan fingerprint density at radius 3 is 2.30 bits per heavy atom. The number of Topliss-reactive ketones (excluding diaryl/α,β-unsaturated/α-hetero) is 1. The van der Waals surface area contributed by atoms with E-state index < -0.39 is 29.3 Å². The molecular formula is C25H18Cl2FNO4. The smallest absolute Gasteiger partial charge is 0.300 e. The molecular weight excluding hydrogens is 468 g/mol. The average Bonchev–Trinajstić information content (AvgIpc) is 3.03. The van der Waals surface area contributed by atoms with Crippen molar-refractivity contribution >= 4 is 46.3 Å². The normalized spacial score (nSPS) is 17.5. The second kappa shape index (κ2) is 8.89. The van der Waals surface area contributed by atoms with Crippen molar-refractivity contribution in [3.05, 3.63) is 98.8 Å². The third-order valence-electron chi connectivity index (χ3n) is 5.44. The summed E-state index contributed by atoms with van der Waals surface area (Å²) in [5.74, 6) is -2.37. The van der Waals surface area contributed by atoms with Crippen molar-refractivity contribution in [3.8, 4) is 5.75 Å². The molecule has 1 N–H and O–H groups in total. The van der Waals surface area contributed by atoms with Gasteiger partial charge in [0.25, 0.3) is 11.7 Å². The van der Waals surface area contributed by atoms with Crippen LogP contribution in [-0.4, -0.2) is 23.9 Å². The number of anilines is 1. The highest BCUT2D eigenvalue weighted by molar-refractivity contribution is 6.52. The lowest BCUT2D eigenvalue weighted by atomic mass is 9.94. The standard InChI is InChI=1S/C25H18Cl2FNO4/c1-13-9-14(7-8-20(13)33-2)23(30)21-22(18-5-3-4-6-19(18)28)29(25(32)24(21)31)17-11-15(26)10-16(27)12-17/h3-12,22,30H,1-2H3/b23-21+. The maximum Gasteiger partial charge on any atom is 0.300 e. The molecule has 33 heavy (non-hydrogen) atoms. The van der Waals surface area contributed by atoms with Crippen molar-refractivity contribution in [2.24, 2.45) is 0 Å². The summed E-state index contributed by atoms with van der Waals surface area (Å²) in [6.45, 7) is 1.77. The summed E-state index contributed by atoms with van der Waals surface area (Å²) >= 11 is 12.2. The molecule has 8 heteroatoms. The van der Waals surface area contributed by atoms with Crippen molar-refractivity contribution in [2.75, 3.05) is 12.0 Å². The molecule has 0 aliphatic carbocycles. The highest BCUT2D eigenvalue weighted by atomic mass is 35.5. The van der Waals surface area contributed by atoms with Gasteiger partial charge in [0.15, 0.2) is 0 Å². The van der Waals surface area contributed by atoms with Gasteiger partial charge in [-0.2, -0.15) is 0 Å². The number of methoxy groups -OCH3 is 1. The zero-order chi connectivity index (χ0) is 23.9. The van der Waals surface area contributed by atoms with Crippen molar-refractivity contribution in [1.29, 1.82) is 0 Å². The Balaban J connectivity index is 1.98. The molecule has 1 unspecified atom stereocenters. The Morgan fingerprint density at radius 1 is 1.03 bits per heavy atom. The molecule has 168 valence electrons. The third kappa shape index (κ3) is 4.08. The van der Waals surface area contributed by atoms with Gasteiger partial charge >= 0.3 is 0 Å². The van der Waals surface area contributed by atoms with Crippen LogP contribution in [-0.2, 0) is 9.59 Å². The van der Waals surface area contributed by atoms with Crippen LogP contribution in [0.3, 0.4) is 0 Å². The fourth-order valence-electron chi connectivity index (χ4n) is 3.95. The van der Waals surface area contributed by atoms with Gasteiger partial charge in [-0.05, 0) is 55.0 Å². The van der Waals surface area contributed by atoms with Gasteiger partial charge in [-0.15, -0.1) is 0 Å². The van der Waals surface area contributed by atoms with Gasteiger partial charge in [-0.25, -0.2) is 4.39 Å². The highest BCUT2D eigenvalue weighted by Crippen LogP contribution is 2.44. The molecule has 1 saturated heterocycles. The van der Waals surface area contributed by atoms with E-state index in [9.17, 15) is 19.1 Å². The molecule has 4 rings (SSSR count). The predicted molar refractivity (Wildman–Crippen MR) is 125 cm³/mol. The van der Waals surface area contributed by atoms with Gasteiger partial charge in [-0.3, -0.25) is 14.5 Å². The first kappa shape index (κ1) is 22.8. The molecule has 0 bridgehead atoms. The van der Waals surface area contributed by atoms with Gasteiger partial charge in [0.1, 0.15) is 17.3 Å². The summed E-state index contributed by atoms with van der Waals surface area (Å²) in [6.07, 6.45) is 0. The van der Waals surface area contributed by atoms with Crippen molar-refractivity contribution in [1.82, 2.24) is 0 Å². The number of hydrogen-bond donors (Lipinski definition) is 1. The van der Waals surface area contributed by atoms with E-state index in [1.165, 1.54) is 43.5 Å². The lowest BCUT2D eigenvalue weighted by Gasteiger charge is -2.26. The molecule has 1 amide bonds. The Bertz CT molecular complexity index is 1300. The topological polar surface area (TPSA) is 66.8 Å². The number of carbonyl (C=O) groups is 2. The summed E-state index contributed by atoms with van der Waals surface area (Å²) in [6, 6.07) is 13.7. The second-order valence-corrected chi connectivity index (χ2v) is 8.38. The SMILES string of the molecule is COc1ccc(/C(O)=C2\C(=O)C(=O)N(c3cc(Cl)cc(Cl)c3)C2c2ccccc2F)cc1C. The summed E-state index contributed by atoms with van der Waals surface area (Å²) in [5, 5.41) is 11.6. The molecule has 5 nitrogen and oxygen atoms in total. The molecule has 3 aromatic carbocycles. The number of hydrogen-bond acceptors (Lipinski definition) is 4. The first-order valence-corrected chi connectivity index (χ1v) is 10.6. The summed E-state index contributed by atoms with van der Waals surface area (Å²) in [7, 11) is 1.52. The summed E-state index contributed by atoms with van der Waals surface area (Å²) < 4.78 is 20.2. The molecule has 1 atom stereocenters. The van der Waals surface area contributed by atoms with E-state index >= 15 is 0 Å². The number of benzene rings is 3. The number of ether oxygens (including phenoxy) is 1. The Labute approximate surface area is 199 Å². The minimum absolute atomic E-state index is 0.0413. The van der Waals surface area contributed by atoms with Gasteiger partial charge in [0.2, 0.25) is 0 Å². The number of nitrogens with zero attached hydrogens (tertiary/aromatic N) is 1. The fourth-order valence-corrected chi connectivity index (χ4v) is 4.46. The highest BCUT2D eigenvalue weighted by Gasteiger charge is 2.48. The first-order valence-electron chi connectivity index (χ1n) is 9.89. The van der Waals surface area contributed by atoms with E-state index in [0.29, 0.717) is 11.3 Å². The zero-order valence-electron chi connectivity index (χ0n) is 17.6. The number of aryl methyl sites for hydroxylation is 1. The molecule has 1 heterocycles. The van der Waals surface area contributed by atoms with E-state index in [1.54, 1.807) is 31.2 Å². The van der Waals surface area contributed by atoms with Crippen molar-refractivity contribution < 1.29 is 23.8 Å². The minimum atomic E-state index is -1.23. The van der Waals surface area contributed by atoms with Crippen LogP contribution in [0.5, 0.6) is 5.75 Å². The molecule has 1 fully saturated rings. The first-order chi connectivity index (χ1) is 15.7. The maximum absolute atomic E-state index is 14.9. The summed E-state index contributed by atoms with van der Waals surface area (Å²) in [5.41, 5.74) is 0.995. The number of rotatable bonds is 4. The van der Waals surface area contributed by atoms with Gasteiger partial charge in [0, 0.05) is 26.9 Å². The van der Waals surface area contributed by atoms with Crippen LogP contribution in [0.15, 0.2) is 66.2 Å². The third-order valence-corrected chi connectivity index (χ3v) is 5.87. The maximum atomic E-state index is 14.9. The van der Waals surface area contributed by atoms with Crippen LogP contribution in [0.25, 0.3) is 5.76 Å². The monoisotopic (exact) mass is 485 g/mol. The van der Waals surface area contributed by atoms with E-state index in [1.807, 2.05) is 0 Å². The van der Waals surface area contributed by atoms with Crippen LogP contribution in [0.4, 0.5) is 10.1 Å². The van der Waals surface area contributed by atoms with Crippen molar-refractivity contribution in [3.63, 3.8) is 0 Å². The number of halogens is 3. The van der Waals surface area contributed by atoms with Crippen LogP contribution < -0.4 is 9.64 Å². The van der Waals surface area contributed by atoms with Crippen LogP contribution in [0.2, 0.25) is 10.0 Å². The molecule has 0 saturated carbocycles. The Hall–Kier alpha value is -3.35. The minimum Gasteiger partial charge on any atom is -0.507 e. The largest absolute Gasteiger partial charge is 0.507 e. The quantitative estimate of drug-likeness (QED) is 0.276. The summed E-state index contributed by atoms with van der Waals surface area (Å²) in [4.78, 5) is 27.4. The molecule has 3 aromatic rings. The number of amides is 1. The number of carbonyl (C=O) groups excluding carboxylic acids is 2. The Morgan fingerprint density at radius 2 is 1.70 bits per heavy atom. The Kier molecular flexibility index (Phi) is 6.15.